The quantitative estimate of drug-likeness (QED) is 0.206. The van der Waals surface area contributed by atoms with Gasteiger partial charge in [-0.25, -0.2) is 5.43 Å². The van der Waals surface area contributed by atoms with Gasteiger partial charge in [-0.3, -0.25) is 4.79 Å². The Morgan fingerprint density at radius 1 is 0.806 bits per heavy atom. The van der Waals surface area contributed by atoms with Crippen molar-refractivity contribution in [2.45, 2.75) is 13.2 Å². The zero-order valence-corrected chi connectivity index (χ0v) is 20.4. The van der Waals surface area contributed by atoms with Crippen LogP contribution in [0, 0.1) is 0 Å². The summed E-state index contributed by atoms with van der Waals surface area (Å²) in [6, 6.07) is 29.7. The Morgan fingerprint density at radius 3 is 2.22 bits per heavy atom. The molecular weight excluding hydrogens is 476 g/mol. The number of methoxy groups -OCH3 is 1. The first-order chi connectivity index (χ1) is 17.6. The molecule has 0 saturated carbocycles. The molecule has 1 N–H and O–H groups in total. The first kappa shape index (κ1) is 24.8. The molecule has 0 bridgehead atoms. The SMILES string of the molecule is COc1cc(C(=O)N/N=C/c2ccccc2OCc2ccc(Cl)cc2)ccc1OCc1ccccc1. The topological polar surface area (TPSA) is 69.2 Å². The maximum atomic E-state index is 12.7. The van der Waals surface area contributed by atoms with Crippen molar-refractivity contribution in [2.75, 3.05) is 7.11 Å². The second kappa shape index (κ2) is 12.4. The molecule has 0 unspecified atom stereocenters. The van der Waals surface area contributed by atoms with Crippen molar-refractivity contribution in [1.29, 1.82) is 0 Å². The molecule has 0 heterocycles. The van der Waals surface area contributed by atoms with Crippen LogP contribution in [0.2, 0.25) is 5.02 Å². The van der Waals surface area contributed by atoms with Gasteiger partial charge in [0, 0.05) is 16.1 Å². The Labute approximate surface area is 215 Å². The van der Waals surface area contributed by atoms with E-state index >= 15 is 0 Å². The third-order valence-corrected chi connectivity index (χ3v) is 5.51. The molecule has 6 nitrogen and oxygen atoms in total. The Balaban J connectivity index is 1.36. The monoisotopic (exact) mass is 500 g/mol. The van der Waals surface area contributed by atoms with Crippen LogP contribution < -0.4 is 19.6 Å². The van der Waals surface area contributed by atoms with E-state index in [1.807, 2.05) is 78.9 Å². The highest BCUT2D eigenvalue weighted by Crippen LogP contribution is 2.29. The number of amides is 1. The molecule has 0 radical (unpaired) electrons. The number of benzene rings is 4. The van der Waals surface area contributed by atoms with Crippen molar-refractivity contribution in [1.82, 2.24) is 5.43 Å². The number of hydrogen-bond donors (Lipinski definition) is 1. The number of carbonyl (C=O) groups is 1. The molecule has 0 aromatic heterocycles. The molecule has 4 aromatic rings. The smallest absolute Gasteiger partial charge is 0.271 e. The van der Waals surface area contributed by atoms with E-state index in [1.54, 1.807) is 24.4 Å². The summed E-state index contributed by atoms with van der Waals surface area (Å²) in [6.07, 6.45) is 1.55. The standard InChI is InChI=1S/C29H25ClN2O4/c1-34-28-17-23(13-16-27(28)36-19-21-7-3-2-4-8-21)29(33)32-31-18-24-9-5-6-10-26(24)35-20-22-11-14-25(30)15-12-22/h2-18H,19-20H2,1H3,(H,32,33)/b31-18+. The van der Waals surface area contributed by atoms with E-state index in [2.05, 4.69) is 10.5 Å². The number of halogens is 1. The molecule has 0 spiro atoms. The summed E-state index contributed by atoms with van der Waals surface area (Å²) in [5.41, 5.74) is 5.70. The van der Waals surface area contributed by atoms with Gasteiger partial charge >= 0.3 is 0 Å². The van der Waals surface area contributed by atoms with Crippen LogP contribution in [0.4, 0.5) is 0 Å². The average Bonchev–Trinajstić information content (AvgIpc) is 2.92. The Morgan fingerprint density at radius 2 is 1.47 bits per heavy atom. The Bertz CT molecular complexity index is 1320. The molecule has 0 aliphatic heterocycles. The molecule has 7 heteroatoms. The number of nitrogens with one attached hydrogen (secondary N) is 1. The van der Waals surface area contributed by atoms with E-state index in [1.165, 1.54) is 7.11 Å². The minimum absolute atomic E-state index is 0.376. The fraction of sp³-hybridized carbons (Fsp3) is 0.103. The summed E-state index contributed by atoms with van der Waals surface area (Å²) in [4.78, 5) is 12.7. The third-order valence-electron chi connectivity index (χ3n) is 5.26. The maximum Gasteiger partial charge on any atom is 0.271 e. The van der Waals surface area contributed by atoms with E-state index in [9.17, 15) is 4.79 Å². The van der Waals surface area contributed by atoms with Crippen LogP contribution in [0.3, 0.4) is 0 Å². The predicted molar refractivity (Wildman–Crippen MR) is 141 cm³/mol. The average molecular weight is 501 g/mol. The highest BCUT2D eigenvalue weighted by atomic mass is 35.5. The van der Waals surface area contributed by atoms with Crippen molar-refractivity contribution < 1.29 is 19.0 Å². The van der Waals surface area contributed by atoms with E-state index in [4.69, 9.17) is 25.8 Å². The van der Waals surface area contributed by atoms with Crippen molar-refractivity contribution in [2.24, 2.45) is 5.10 Å². The van der Waals surface area contributed by atoms with Gasteiger partial charge in [0.15, 0.2) is 11.5 Å². The Kier molecular flexibility index (Phi) is 8.57. The number of ether oxygens (including phenoxy) is 3. The zero-order chi connectivity index (χ0) is 25.2. The largest absolute Gasteiger partial charge is 0.493 e. The van der Waals surface area contributed by atoms with Gasteiger partial charge in [0.05, 0.1) is 13.3 Å². The van der Waals surface area contributed by atoms with Gasteiger partial charge in [0.2, 0.25) is 0 Å². The second-order valence-electron chi connectivity index (χ2n) is 7.79. The fourth-order valence-electron chi connectivity index (χ4n) is 3.35. The van der Waals surface area contributed by atoms with Crippen molar-refractivity contribution >= 4 is 23.7 Å². The van der Waals surface area contributed by atoms with Crippen LogP contribution >= 0.6 is 11.6 Å². The van der Waals surface area contributed by atoms with Crippen LogP contribution in [0.25, 0.3) is 0 Å². The van der Waals surface area contributed by atoms with Gasteiger partial charge in [-0.15, -0.1) is 0 Å². The summed E-state index contributed by atoms with van der Waals surface area (Å²) < 4.78 is 17.2. The molecule has 182 valence electrons. The second-order valence-corrected chi connectivity index (χ2v) is 8.23. The molecule has 1 amide bonds. The van der Waals surface area contributed by atoms with E-state index < -0.39 is 0 Å². The van der Waals surface area contributed by atoms with E-state index in [0.29, 0.717) is 41.0 Å². The molecule has 4 aromatic carbocycles. The lowest BCUT2D eigenvalue weighted by Crippen LogP contribution is -2.17. The number of para-hydroxylation sites is 1. The van der Waals surface area contributed by atoms with Crippen LogP contribution in [0.15, 0.2) is 102 Å². The lowest BCUT2D eigenvalue weighted by atomic mass is 10.2. The minimum atomic E-state index is -0.376. The predicted octanol–water partition coefficient (Wildman–Crippen LogP) is 6.27. The molecular formula is C29H25ClN2O4. The van der Waals surface area contributed by atoms with Gasteiger partial charge in [0.25, 0.3) is 5.91 Å². The number of hydrazone groups is 1. The molecule has 0 fully saturated rings. The van der Waals surface area contributed by atoms with Gasteiger partial charge in [-0.2, -0.15) is 5.10 Å². The first-order valence-electron chi connectivity index (χ1n) is 11.3. The highest BCUT2D eigenvalue weighted by molar-refractivity contribution is 6.30. The summed E-state index contributed by atoms with van der Waals surface area (Å²) in [7, 11) is 1.53. The first-order valence-corrected chi connectivity index (χ1v) is 11.6. The molecule has 0 aliphatic carbocycles. The van der Waals surface area contributed by atoms with Crippen LogP contribution in [-0.2, 0) is 13.2 Å². The fourth-order valence-corrected chi connectivity index (χ4v) is 3.47. The van der Waals surface area contributed by atoms with E-state index in [0.717, 1.165) is 16.7 Å². The normalized spacial score (nSPS) is 10.7. The highest BCUT2D eigenvalue weighted by Gasteiger charge is 2.11. The summed E-state index contributed by atoms with van der Waals surface area (Å²) in [6.45, 7) is 0.777. The maximum absolute atomic E-state index is 12.7. The minimum Gasteiger partial charge on any atom is -0.493 e. The van der Waals surface area contributed by atoms with Crippen LogP contribution in [-0.4, -0.2) is 19.2 Å². The lowest BCUT2D eigenvalue weighted by Gasteiger charge is -2.12. The molecule has 4 rings (SSSR count). The third kappa shape index (κ3) is 6.87. The van der Waals surface area contributed by atoms with Gasteiger partial charge in [0.1, 0.15) is 19.0 Å². The number of rotatable bonds is 10. The summed E-state index contributed by atoms with van der Waals surface area (Å²) in [5, 5.41) is 4.78. The molecule has 0 aliphatic rings. The lowest BCUT2D eigenvalue weighted by molar-refractivity contribution is 0.0954. The number of hydrogen-bond acceptors (Lipinski definition) is 5. The molecule has 0 saturated heterocycles. The zero-order valence-electron chi connectivity index (χ0n) is 19.7. The van der Waals surface area contributed by atoms with Crippen LogP contribution in [0.1, 0.15) is 27.0 Å². The molecule has 36 heavy (non-hydrogen) atoms. The van der Waals surface area contributed by atoms with Crippen LogP contribution in [0.5, 0.6) is 17.2 Å². The van der Waals surface area contributed by atoms with Gasteiger partial charge < -0.3 is 14.2 Å². The number of nitrogens with zero attached hydrogens (tertiary/aromatic N) is 1. The van der Waals surface area contributed by atoms with Crippen molar-refractivity contribution in [3.05, 3.63) is 124 Å². The van der Waals surface area contributed by atoms with Crippen molar-refractivity contribution in [3.63, 3.8) is 0 Å². The number of carbonyl (C=O) groups excluding carboxylic acids is 1. The van der Waals surface area contributed by atoms with E-state index in [-0.39, 0.29) is 5.91 Å². The van der Waals surface area contributed by atoms with Gasteiger partial charge in [-0.05, 0) is 53.6 Å². The molecule has 0 atom stereocenters. The Hall–Kier alpha value is -4.29. The van der Waals surface area contributed by atoms with Crippen molar-refractivity contribution in [3.8, 4) is 17.2 Å². The summed E-state index contributed by atoms with van der Waals surface area (Å²) >= 11 is 5.94. The van der Waals surface area contributed by atoms with Gasteiger partial charge in [-0.1, -0.05) is 66.2 Å². The summed E-state index contributed by atoms with van der Waals surface area (Å²) in [5.74, 6) is 1.28.